The summed E-state index contributed by atoms with van der Waals surface area (Å²) in [6, 6.07) is 4.66. The zero-order valence-electron chi connectivity index (χ0n) is 10.5. The van der Waals surface area contributed by atoms with Crippen molar-refractivity contribution in [1.82, 2.24) is 4.90 Å². The minimum Gasteiger partial charge on any atom is -0.480 e. The van der Waals surface area contributed by atoms with Crippen molar-refractivity contribution in [3.05, 3.63) is 29.8 Å². The summed E-state index contributed by atoms with van der Waals surface area (Å²) in [6.45, 7) is -2.75. The third kappa shape index (κ3) is 2.87. The minimum absolute atomic E-state index is 0.0547. The highest BCUT2D eigenvalue weighted by Gasteiger charge is 2.35. The number of aliphatic carboxylic acids is 1. The molecule has 1 amide bonds. The molecule has 0 bridgehead atoms. The number of carbonyl (C=O) groups excluding carboxylic acids is 1. The van der Waals surface area contributed by atoms with Crippen LogP contribution in [0.5, 0.6) is 5.75 Å². The first kappa shape index (κ1) is 14.2. The Bertz CT molecular complexity index is 521. The van der Waals surface area contributed by atoms with Crippen molar-refractivity contribution in [2.75, 3.05) is 6.54 Å². The zero-order chi connectivity index (χ0) is 14.7. The van der Waals surface area contributed by atoms with Gasteiger partial charge in [-0.15, -0.1) is 0 Å². The van der Waals surface area contributed by atoms with Crippen LogP contribution >= 0.6 is 0 Å². The number of nitrogens with zero attached hydrogens (tertiary/aromatic N) is 1. The van der Waals surface area contributed by atoms with Crippen LogP contribution in [0.1, 0.15) is 23.2 Å². The Morgan fingerprint density at radius 1 is 1.35 bits per heavy atom. The molecule has 0 spiro atoms. The average molecular weight is 285 g/mol. The summed E-state index contributed by atoms with van der Waals surface area (Å²) in [4.78, 5) is 24.5. The molecular formula is C13H13F2NO4. The van der Waals surface area contributed by atoms with Crippen LogP contribution < -0.4 is 4.74 Å². The Morgan fingerprint density at radius 3 is 2.70 bits per heavy atom. The van der Waals surface area contributed by atoms with Crippen molar-refractivity contribution >= 4 is 11.9 Å². The fourth-order valence-corrected chi connectivity index (χ4v) is 2.26. The van der Waals surface area contributed by atoms with E-state index >= 15 is 0 Å². The number of para-hydroxylation sites is 1. The first-order chi connectivity index (χ1) is 9.50. The highest BCUT2D eigenvalue weighted by atomic mass is 19.3. The Morgan fingerprint density at radius 2 is 2.05 bits per heavy atom. The lowest BCUT2D eigenvalue weighted by Crippen LogP contribution is -2.40. The quantitative estimate of drug-likeness (QED) is 0.918. The van der Waals surface area contributed by atoms with Crippen LogP contribution in [0.2, 0.25) is 0 Å². The molecule has 7 heteroatoms. The number of halogens is 2. The largest absolute Gasteiger partial charge is 0.480 e. The standard InChI is InChI=1S/C13H13F2NO4/c14-13(15)20-10-6-2-1-4-8(10)11(17)16-7-3-5-9(16)12(18)19/h1-2,4,6,9,13H,3,5,7H2,(H,18,19)/t9-/m1/s1. The summed E-state index contributed by atoms with van der Waals surface area (Å²) >= 11 is 0. The smallest absolute Gasteiger partial charge is 0.387 e. The fourth-order valence-electron chi connectivity index (χ4n) is 2.26. The van der Waals surface area contributed by atoms with Crippen LogP contribution in [0, 0.1) is 0 Å². The molecule has 108 valence electrons. The van der Waals surface area contributed by atoms with Crippen LogP contribution in [-0.2, 0) is 4.79 Å². The lowest BCUT2D eigenvalue weighted by atomic mass is 10.1. The first-order valence-corrected chi connectivity index (χ1v) is 6.08. The van der Waals surface area contributed by atoms with Crippen LogP contribution in [0.25, 0.3) is 0 Å². The molecule has 1 atom stereocenters. The van der Waals surface area contributed by atoms with E-state index in [9.17, 15) is 18.4 Å². The fraction of sp³-hybridized carbons (Fsp3) is 0.385. The molecule has 0 saturated carbocycles. The first-order valence-electron chi connectivity index (χ1n) is 6.08. The van der Waals surface area contributed by atoms with Gasteiger partial charge in [0.05, 0.1) is 5.56 Å². The van der Waals surface area contributed by atoms with Gasteiger partial charge in [-0.3, -0.25) is 4.79 Å². The SMILES string of the molecule is O=C(O)[C@H]1CCCN1C(=O)c1ccccc1OC(F)F. The molecule has 1 aromatic rings. The normalized spacial score (nSPS) is 18.4. The van der Waals surface area contributed by atoms with E-state index in [1.165, 1.54) is 29.2 Å². The van der Waals surface area contributed by atoms with E-state index in [4.69, 9.17) is 5.11 Å². The number of carbonyl (C=O) groups is 2. The van der Waals surface area contributed by atoms with E-state index in [1.54, 1.807) is 0 Å². The van der Waals surface area contributed by atoms with E-state index in [0.717, 1.165) is 0 Å². The molecule has 0 aliphatic carbocycles. The highest BCUT2D eigenvalue weighted by molar-refractivity contribution is 5.99. The van der Waals surface area contributed by atoms with E-state index in [2.05, 4.69) is 4.74 Å². The number of carboxylic acids is 1. The predicted octanol–water partition coefficient (Wildman–Crippen LogP) is 1.98. The lowest BCUT2D eigenvalue weighted by molar-refractivity contribution is -0.141. The van der Waals surface area contributed by atoms with Gasteiger partial charge in [-0.1, -0.05) is 12.1 Å². The number of alkyl halides is 2. The number of benzene rings is 1. The molecule has 1 aromatic carbocycles. The number of hydrogen-bond donors (Lipinski definition) is 1. The van der Waals surface area contributed by atoms with Crippen molar-refractivity contribution in [3.63, 3.8) is 0 Å². The molecule has 2 rings (SSSR count). The number of hydrogen-bond acceptors (Lipinski definition) is 3. The number of likely N-dealkylation sites (tertiary alicyclic amines) is 1. The molecule has 1 heterocycles. The molecule has 1 aliphatic heterocycles. The Balaban J connectivity index is 2.27. The van der Waals surface area contributed by atoms with E-state index in [1.807, 2.05) is 0 Å². The average Bonchev–Trinajstić information content (AvgIpc) is 2.87. The third-order valence-electron chi connectivity index (χ3n) is 3.13. The van der Waals surface area contributed by atoms with Gasteiger partial charge >= 0.3 is 12.6 Å². The molecule has 0 aromatic heterocycles. The second kappa shape index (κ2) is 5.85. The molecule has 1 saturated heterocycles. The zero-order valence-corrected chi connectivity index (χ0v) is 10.5. The second-order valence-corrected chi connectivity index (χ2v) is 4.37. The summed E-state index contributed by atoms with van der Waals surface area (Å²) < 4.78 is 28.9. The summed E-state index contributed by atoms with van der Waals surface area (Å²) in [5, 5.41) is 9.05. The van der Waals surface area contributed by atoms with Gasteiger partial charge in [0.1, 0.15) is 11.8 Å². The van der Waals surface area contributed by atoms with Gasteiger partial charge in [-0.2, -0.15) is 8.78 Å². The number of ether oxygens (including phenoxy) is 1. The maximum Gasteiger partial charge on any atom is 0.387 e. The van der Waals surface area contributed by atoms with Crippen molar-refractivity contribution < 1.29 is 28.2 Å². The van der Waals surface area contributed by atoms with Crippen LogP contribution in [-0.4, -0.2) is 41.1 Å². The molecule has 20 heavy (non-hydrogen) atoms. The van der Waals surface area contributed by atoms with Gasteiger partial charge < -0.3 is 14.7 Å². The molecule has 0 radical (unpaired) electrons. The summed E-state index contributed by atoms with van der Waals surface area (Å²) in [5.74, 6) is -1.95. The Kier molecular flexibility index (Phi) is 4.16. The molecule has 1 fully saturated rings. The topological polar surface area (TPSA) is 66.8 Å². The van der Waals surface area contributed by atoms with Gasteiger partial charge in [0.15, 0.2) is 0 Å². The van der Waals surface area contributed by atoms with Crippen molar-refractivity contribution in [1.29, 1.82) is 0 Å². The van der Waals surface area contributed by atoms with E-state index in [0.29, 0.717) is 19.4 Å². The van der Waals surface area contributed by atoms with Crippen LogP contribution in [0.4, 0.5) is 8.78 Å². The second-order valence-electron chi connectivity index (χ2n) is 4.37. The maximum absolute atomic E-state index is 12.3. The van der Waals surface area contributed by atoms with Gasteiger partial charge in [-0.05, 0) is 25.0 Å². The summed E-state index contributed by atoms with van der Waals surface area (Å²) in [6.07, 6.45) is 0.930. The van der Waals surface area contributed by atoms with E-state index in [-0.39, 0.29) is 11.3 Å². The molecular weight excluding hydrogens is 272 g/mol. The number of amides is 1. The van der Waals surface area contributed by atoms with Gasteiger partial charge in [0.25, 0.3) is 5.91 Å². The van der Waals surface area contributed by atoms with Crippen LogP contribution in [0.15, 0.2) is 24.3 Å². The Hall–Kier alpha value is -2.18. The van der Waals surface area contributed by atoms with Crippen molar-refractivity contribution in [3.8, 4) is 5.75 Å². The van der Waals surface area contributed by atoms with Crippen LogP contribution in [0.3, 0.4) is 0 Å². The van der Waals surface area contributed by atoms with Crippen molar-refractivity contribution in [2.45, 2.75) is 25.5 Å². The maximum atomic E-state index is 12.3. The van der Waals surface area contributed by atoms with E-state index < -0.39 is 24.5 Å². The summed E-state index contributed by atoms with van der Waals surface area (Å²) in [5.41, 5.74) is -0.0547. The minimum atomic E-state index is -3.04. The van der Waals surface area contributed by atoms with Gasteiger partial charge in [0.2, 0.25) is 0 Å². The molecule has 0 unspecified atom stereocenters. The predicted molar refractivity (Wildman–Crippen MR) is 64.8 cm³/mol. The van der Waals surface area contributed by atoms with Gasteiger partial charge in [0, 0.05) is 6.54 Å². The molecule has 1 N–H and O–H groups in total. The van der Waals surface area contributed by atoms with Gasteiger partial charge in [-0.25, -0.2) is 4.79 Å². The molecule has 5 nitrogen and oxygen atoms in total. The monoisotopic (exact) mass is 285 g/mol. The molecule has 1 aliphatic rings. The highest BCUT2D eigenvalue weighted by Crippen LogP contribution is 2.26. The third-order valence-corrected chi connectivity index (χ3v) is 3.13. The number of carboxylic acid groups (broad SMARTS) is 1. The summed E-state index contributed by atoms with van der Waals surface area (Å²) in [7, 11) is 0. The van der Waals surface area contributed by atoms with Crippen molar-refractivity contribution in [2.24, 2.45) is 0 Å². The Labute approximate surface area is 113 Å². The lowest BCUT2D eigenvalue weighted by Gasteiger charge is -2.22. The number of rotatable bonds is 4.